The maximum absolute atomic E-state index is 10.5. The van der Waals surface area contributed by atoms with Crippen LogP contribution in [-0.2, 0) is 0 Å². The number of nitrogens with one attached hydrogen (secondary N) is 1. The van der Waals surface area contributed by atoms with Gasteiger partial charge in [0.05, 0.1) is 0 Å². The van der Waals surface area contributed by atoms with Gasteiger partial charge >= 0.3 is 0 Å². The molecule has 0 aliphatic carbocycles. The monoisotopic (exact) mass is 191 g/mol. The number of carbonyl (C=O) groups excluding carboxylic acids is 1. The van der Waals surface area contributed by atoms with E-state index < -0.39 is 0 Å². The van der Waals surface area contributed by atoms with Crippen molar-refractivity contribution in [3.63, 3.8) is 0 Å². The molecule has 3 heteroatoms. The molecule has 0 amide bonds. The van der Waals surface area contributed by atoms with Gasteiger partial charge in [-0.3, -0.25) is 10.1 Å². The molecule has 0 aromatic heterocycles. The SMILES string of the molecule is C[C@]1(Oc2cccc(C=O)c2)CCN1. The molecule has 1 atom stereocenters. The molecule has 1 heterocycles. The van der Waals surface area contributed by atoms with E-state index in [2.05, 4.69) is 5.32 Å². The van der Waals surface area contributed by atoms with Crippen molar-refractivity contribution in [2.45, 2.75) is 19.1 Å². The third-order valence-corrected chi connectivity index (χ3v) is 2.44. The van der Waals surface area contributed by atoms with Crippen LogP contribution in [0.15, 0.2) is 24.3 Å². The van der Waals surface area contributed by atoms with Crippen LogP contribution in [0.3, 0.4) is 0 Å². The van der Waals surface area contributed by atoms with E-state index in [1.807, 2.05) is 19.1 Å². The van der Waals surface area contributed by atoms with E-state index in [1.165, 1.54) is 0 Å². The van der Waals surface area contributed by atoms with Crippen molar-refractivity contribution < 1.29 is 9.53 Å². The van der Waals surface area contributed by atoms with E-state index in [-0.39, 0.29) is 5.72 Å². The highest BCUT2D eigenvalue weighted by Crippen LogP contribution is 2.24. The number of ether oxygens (including phenoxy) is 1. The van der Waals surface area contributed by atoms with Crippen LogP contribution in [0.2, 0.25) is 0 Å². The van der Waals surface area contributed by atoms with E-state index in [1.54, 1.807) is 12.1 Å². The molecule has 2 rings (SSSR count). The lowest BCUT2D eigenvalue weighted by Gasteiger charge is -2.39. The first-order valence-electron chi connectivity index (χ1n) is 4.71. The molecule has 14 heavy (non-hydrogen) atoms. The summed E-state index contributed by atoms with van der Waals surface area (Å²) in [5, 5.41) is 3.20. The first-order chi connectivity index (χ1) is 6.72. The van der Waals surface area contributed by atoms with Crippen LogP contribution in [0, 0.1) is 0 Å². The average molecular weight is 191 g/mol. The number of carbonyl (C=O) groups is 1. The fourth-order valence-electron chi connectivity index (χ4n) is 1.48. The van der Waals surface area contributed by atoms with Crippen molar-refractivity contribution in [2.24, 2.45) is 0 Å². The largest absolute Gasteiger partial charge is 0.473 e. The molecule has 1 saturated heterocycles. The van der Waals surface area contributed by atoms with Gasteiger partial charge in [-0.15, -0.1) is 0 Å². The number of hydrogen-bond donors (Lipinski definition) is 1. The summed E-state index contributed by atoms with van der Waals surface area (Å²) in [6.45, 7) is 2.99. The first kappa shape index (κ1) is 9.21. The van der Waals surface area contributed by atoms with Crippen molar-refractivity contribution in [3.8, 4) is 5.75 Å². The standard InChI is InChI=1S/C11H13NO2/c1-11(5-6-12-11)14-10-4-2-3-9(7-10)8-13/h2-4,7-8,12H,5-6H2,1H3/t11-/m0/s1. The van der Waals surface area contributed by atoms with Gasteiger partial charge in [0.2, 0.25) is 0 Å². The molecule has 1 aliphatic rings. The van der Waals surface area contributed by atoms with E-state index in [0.29, 0.717) is 5.56 Å². The van der Waals surface area contributed by atoms with Gasteiger partial charge in [0.1, 0.15) is 12.0 Å². The Morgan fingerprint density at radius 3 is 2.93 bits per heavy atom. The van der Waals surface area contributed by atoms with E-state index in [9.17, 15) is 4.79 Å². The third-order valence-electron chi connectivity index (χ3n) is 2.44. The van der Waals surface area contributed by atoms with Crippen LogP contribution in [0.4, 0.5) is 0 Å². The molecule has 1 fully saturated rings. The molecule has 3 nitrogen and oxygen atoms in total. The van der Waals surface area contributed by atoms with Crippen LogP contribution < -0.4 is 10.1 Å². The Kier molecular flexibility index (Phi) is 2.25. The van der Waals surface area contributed by atoms with Gasteiger partial charge in [0, 0.05) is 18.5 Å². The molecule has 0 saturated carbocycles. The second-order valence-electron chi connectivity index (χ2n) is 3.70. The summed E-state index contributed by atoms with van der Waals surface area (Å²) in [4.78, 5) is 10.5. The summed E-state index contributed by atoms with van der Waals surface area (Å²) in [5.74, 6) is 0.740. The van der Waals surface area contributed by atoms with E-state index >= 15 is 0 Å². The lowest BCUT2D eigenvalue weighted by molar-refractivity contribution is -0.0106. The van der Waals surface area contributed by atoms with Crippen molar-refractivity contribution in [2.75, 3.05) is 6.54 Å². The predicted molar refractivity (Wildman–Crippen MR) is 53.5 cm³/mol. The summed E-state index contributed by atoms with van der Waals surface area (Å²) in [7, 11) is 0. The highest BCUT2D eigenvalue weighted by atomic mass is 16.5. The quantitative estimate of drug-likeness (QED) is 0.737. The molecule has 1 aromatic rings. The fraction of sp³-hybridized carbons (Fsp3) is 0.364. The Labute approximate surface area is 83.1 Å². The highest BCUT2D eigenvalue weighted by molar-refractivity contribution is 5.75. The van der Waals surface area contributed by atoms with Gasteiger partial charge in [0.25, 0.3) is 0 Å². The van der Waals surface area contributed by atoms with Gasteiger partial charge in [-0.05, 0) is 19.1 Å². The second-order valence-corrected chi connectivity index (χ2v) is 3.70. The number of aldehydes is 1. The molecule has 0 radical (unpaired) electrons. The Morgan fingerprint density at radius 1 is 1.57 bits per heavy atom. The van der Waals surface area contributed by atoms with Crippen molar-refractivity contribution in [1.29, 1.82) is 0 Å². The number of hydrogen-bond acceptors (Lipinski definition) is 3. The Bertz CT molecular complexity index is 345. The molecular weight excluding hydrogens is 178 g/mol. The van der Waals surface area contributed by atoms with Crippen LogP contribution in [-0.4, -0.2) is 18.6 Å². The molecule has 1 aliphatic heterocycles. The molecule has 0 spiro atoms. The summed E-state index contributed by atoms with van der Waals surface area (Å²) in [5.41, 5.74) is 0.395. The van der Waals surface area contributed by atoms with Gasteiger partial charge < -0.3 is 4.74 Å². The molecule has 1 N–H and O–H groups in total. The fourth-order valence-corrected chi connectivity index (χ4v) is 1.48. The predicted octanol–water partition coefficient (Wildman–Crippen LogP) is 1.59. The minimum Gasteiger partial charge on any atom is -0.473 e. The minimum atomic E-state index is -0.249. The van der Waals surface area contributed by atoms with E-state index in [4.69, 9.17) is 4.74 Å². The van der Waals surface area contributed by atoms with Crippen molar-refractivity contribution >= 4 is 6.29 Å². The van der Waals surface area contributed by atoms with Crippen LogP contribution in [0.25, 0.3) is 0 Å². The number of benzene rings is 1. The zero-order valence-electron chi connectivity index (χ0n) is 8.12. The smallest absolute Gasteiger partial charge is 0.159 e. The van der Waals surface area contributed by atoms with Gasteiger partial charge in [-0.1, -0.05) is 12.1 Å². The van der Waals surface area contributed by atoms with E-state index in [0.717, 1.165) is 25.0 Å². The average Bonchev–Trinajstić information content (AvgIpc) is 2.16. The Morgan fingerprint density at radius 2 is 2.36 bits per heavy atom. The molecule has 0 unspecified atom stereocenters. The zero-order chi connectivity index (χ0) is 10.0. The van der Waals surface area contributed by atoms with Crippen LogP contribution in [0.1, 0.15) is 23.7 Å². The molecule has 74 valence electrons. The lowest BCUT2D eigenvalue weighted by Crippen LogP contribution is -2.58. The number of rotatable bonds is 3. The topological polar surface area (TPSA) is 38.3 Å². The Hall–Kier alpha value is -1.35. The molecular formula is C11H13NO2. The minimum absolute atomic E-state index is 0.249. The van der Waals surface area contributed by atoms with Gasteiger partial charge in [0.15, 0.2) is 5.72 Å². The molecule has 0 bridgehead atoms. The summed E-state index contributed by atoms with van der Waals surface area (Å²) in [6.07, 6.45) is 1.82. The van der Waals surface area contributed by atoms with Crippen LogP contribution >= 0.6 is 0 Å². The molecule has 1 aromatic carbocycles. The zero-order valence-corrected chi connectivity index (χ0v) is 8.12. The lowest BCUT2D eigenvalue weighted by atomic mass is 10.1. The Balaban J connectivity index is 2.12. The van der Waals surface area contributed by atoms with Crippen LogP contribution in [0.5, 0.6) is 5.75 Å². The maximum atomic E-state index is 10.5. The summed E-state index contributed by atoms with van der Waals surface area (Å²) < 4.78 is 5.71. The van der Waals surface area contributed by atoms with Crippen molar-refractivity contribution in [1.82, 2.24) is 5.32 Å². The first-order valence-corrected chi connectivity index (χ1v) is 4.71. The summed E-state index contributed by atoms with van der Waals surface area (Å²) >= 11 is 0. The van der Waals surface area contributed by atoms with Gasteiger partial charge in [-0.2, -0.15) is 0 Å². The maximum Gasteiger partial charge on any atom is 0.159 e. The summed E-state index contributed by atoms with van der Waals surface area (Å²) in [6, 6.07) is 7.19. The second kappa shape index (κ2) is 3.42. The highest BCUT2D eigenvalue weighted by Gasteiger charge is 2.33. The third kappa shape index (κ3) is 1.77. The van der Waals surface area contributed by atoms with Crippen molar-refractivity contribution in [3.05, 3.63) is 29.8 Å². The van der Waals surface area contributed by atoms with Gasteiger partial charge in [-0.25, -0.2) is 0 Å². The normalized spacial score (nSPS) is 25.2.